The molecule has 1 aliphatic heterocycles. The highest BCUT2D eigenvalue weighted by Crippen LogP contribution is 2.34. The molecule has 0 N–H and O–H groups in total. The van der Waals surface area contributed by atoms with E-state index in [4.69, 9.17) is 0 Å². The normalized spacial score (nSPS) is 18.4. The molecule has 1 unspecified atom stereocenters. The summed E-state index contributed by atoms with van der Waals surface area (Å²) in [6, 6.07) is 7.69. The second-order valence-corrected chi connectivity index (χ2v) is 5.62. The van der Waals surface area contributed by atoms with Gasteiger partial charge in [-0.3, -0.25) is 9.98 Å². The van der Waals surface area contributed by atoms with Crippen molar-refractivity contribution in [3.05, 3.63) is 47.8 Å². The Hall–Kier alpha value is -2.37. The van der Waals surface area contributed by atoms with Crippen molar-refractivity contribution in [1.29, 1.82) is 0 Å². The molecule has 0 amide bonds. The molecule has 2 aromatic rings. The van der Waals surface area contributed by atoms with Crippen LogP contribution in [0.4, 0.5) is 18.9 Å². The number of aryl methyl sites for hydroxylation is 2. The van der Waals surface area contributed by atoms with Crippen LogP contribution in [0, 0.1) is 13.8 Å². The van der Waals surface area contributed by atoms with Gasteiger partial charge in [0.15, 0.2) is 0 Å². The standard InChI is InChI=1S/C17H16F3N3/c1-10-4-7-14-13(6-5-11(2)21-14)16(10)23-9-8-15(17(18,19)20)22-12(23)3/h4-9,12H,1-3H3. The second-order valence-electron chi connectivity index (χ2n) is 5.62. The molecule has 0 fully saturated rings. The van der Waals surface area contributed by atoms with Gasteiger partial charge in [-0.25, -0.2) is 0 Å². The Morgan fingerprint density at radius 2 is 1.83 bits per heavy atom. The molecular formula is C17H16F3N3. The summed E-state index contributed by atoms with van der Waals surface area (Å²) in [7, 11) is 0. The van der Waals surface area contributed by atoms with Gasteiger partial charge in [-0.2, -0.15) is 13.2 Å². The van der Waals surface area contributed by atoms with Crippen molar-refractivity contribution in [2.45, 2.75) is 33.1 Å². The molecule has 0 radical (unpaired) electrons. The second kappa shape index (κ2) is 5.37. The first kappa shape index (κ1) is 15.5. The van der Waals surface area contributed by atoms with Gasteiger partial charge in [0.2, 0.25) is 0 Å². The van der Waals surface area contributed by atoms with Crippen molar-refractivity contribution >= 4 is 22.3 Å². The molecule has 2 heterocycles. The average Bonchev–Trinajstić information content (AvgIpc) is 2.47. The Morgan fingerprint density at radius 3 is 2.48 bits per heavy atom. The van der Waals surface area contributed by atoms with Crippen molar-refractivity contribution < 1.29 is 13.2 Å². The summed E-state index contributed by atoms with van der Waals surface area (Å²) in [5.41, 5.74) is 2.66. The third-order valence-electron chi connectivity index (χ3n) is 3.85. The number of aliphatic imine (C=N–C) groups is 1. The minimum atomic E-state index is -4.43. The Kier molecular flexibility index (Phi) is 3.62. The number of rotatable bonds is 1. The van der Waals surface area contributed by atoms with E-state index in [0.29, 0.717) is 0 Å². The molecular weight excluding hydrogens is 303 g/mol. The lowest BCUT2D eigenvalue weighted by Crippen LogP contribution is -2.35. The van der Waals surface area contributed by atoms with E-state index in [9.17, 15) is 13.2 Å². The zero-order chi connectivity index (χ0) is 16.8. The molecule has 0 aliphatic carbocycles. The average molecular weight is 319 g/mol. The van der Waals surface area contributed by atoms with Crippen molar-refractivity contribution in [1.82, 2.24) is 4.98 Å². The van der Waals surface area contributed by atoms with Gasteiger partial charge >= 0.3 is 6.18 Å². The van der Waals surface area contributed by atoms with E-state index in [0.717, 1.165) is 33.9 Å². The number of alkyl halides is 3. The van der Waals surface area contributed by atoms with Gasteiger partial charge in [0.05, 0.1) is 11.2 Å². The van der Waals surface area contributed by atoms with Crippen molar-refractivity contribution in [2.75, 3.05) is 4.90 Å². The van der Waals surface area contributed by atoms with Gasteiger partial charge in [0.25, 0.3) is 0 Å². The molecule has 1 aromatic heterocycles. The highest BCUT2D eigenvalue weighted by Gasteiger charge is 2.36. The summed E-state index contributed by atoms with van der Waals surface area (Å²) >= 11 is 0. The van der Waals surface area contributed by atoms with Crippen LogP contribution in [0.1, 0.15) is 18.2 Å². The number of benzene rings is 1. The zero-order valence-corrected chi connectivity index (χ0v) is 13.0. The van der Waals surface area contributed by atoms with Gasteiger partial charge in [0.1, 0.15) is 11.9 Å². The van der Waals surface area contributed by atoms with Crippen LogP contribution in [0.2, 0.25) is 0 Å². The number of nitrogens with zero attached hydrogens (tertiary/aromatic N) is 3. The number of anilines is 1. The van der Waals surface area contributed by atoms with Crippen molar-refractivity contribution in [3.8, 4) is 0 Å². The lowest BCUT2D eigenvalue weighted by Gasteiger charge is -2.31. The van der Waals surface area contributed by atoms with Crippen LogP contribution < -0.4 is 4.90 Å². The van der Waals surface area contributed by atoms with Crippen LogP contribution >= 0.6 is 0 Å². The number of pyridine rings is 1. The van der Waals surface area contributed by atoms with E-state index in [-0.39, 0.29) is 0 Å². The Morgan fingerprint density at radius 1 is 1.09 bits per heavy atom. The SMILES string of the molecule is Cc1ccc2c(N3C=CC(C(F)(F)F)=NC3C)c(C)ccc2n1. The molecule has 23 heavy (non-hydrogen) atoms. The maximum Gasteiger partial charge on any atom is 0.433 e. The maximum absolute atomic E-state index is 12.8. The highest BCUT2D eigenvalue weighted by atomic mass is 19.4. The largest absolute Gasteiger partial charge is 0.433 e. The summed E-state index contributed by atoms with van der Waals surface area (Å²) in [5.74, 6) is 0. The summed E-state index contributed by atoms with van der Waals surface area (Å²) in [6.45, 7) is 5.48. The molecule has 1 aromatic carbocycles. The van der Waals surface area contributed by atoms with Crippen LogP contribution in [-0.4, -0.2) is 23.0 Å². The summed E-state index contributed by atoms with van der Waals surface area (Å²) in [5, 5.41) is 0.901. The van der Waals surface area contributed by atoms with E-state index >= 15 is 0 Å². The van der Waals surface area contributed by atoms with Crippen LogP contribution in [-0.2, 0) is 0 Å². The molecule has 3 nitrogen and oxygen atoms in total. The summed E-state index contributed by atoms with van der Waals surface area (Å²) in [6.07, 6.45) is -2.60. The topological polar surface area (TPSA) is 28.5 Å². The predicted molar refractivity (Wildman–Crippen MR) is 85.8 cm³/mol. The molecule has 0 saturated carbocycles. The molecule has 1 atom stereocenters. The van der Waals surface area contributed by atoms with Crippen LogP contribution in [0.5, 0.6) is 0 Å². The van der Waals surface area contributed by atoms with E-state index in [2.05, 4.69) is 9.98 Å². The number of hydrogen-bond donors (Lipinski definition) is 0. The fourth-order valence-corrected chi connectivity index (χ4v) is 2.75. The van der Waals surface area contributed by atoms with Crippen molar-refractivity contribution in [2.24, 2.45) is 4.99 Å². The number of hydrogen-bond acceptors (Lipinski definition) is 3. The van der Waals surface area contributed by atoms with Crippen LogP contribution in [0.15, 0.2) is 41.5 Å². The Balaban J connectivity index is 2.10. The monoisotopic (exact) mass is 319 g/mol. The molecule has 1 aliphatic rings. The smallest absolute Gasteiger partial charge is 0.325 e. The fourth-order valence-electron chi connectivity index (χ4n) is 2.75. The maximum atomic E-state index is 12.8. The Labute approximate surface area is 132 Å². The third-order valence-corrected chi connectivity index (χ3v) is 3.85. The fraction of sp³-hybridized carbons (Fsp3) is 0.294. The van der Waals surface area contributed by atoms with E-state index in [1.54, 1.807) is 11.8 Å². The summed E-state index contributed by atoms with van der Waals surface area (Å²) < 4.78 is 38.4. The van der Waals surface area contributed by atoms with Crippen LogP contribution in [0.3, 0.4) is 0 Å². The van der Waals surface area contributed by atoms with Gasteiger partial charge in [-0.1, -0.05) is 6.07 Å². The number of allylic oxidation sites excluding steroid dienone is 1. The third kappa shape index (κ3) is 2.81. The Bertz CT molecular complexity index is 822. The first-order chi connectivity index (χ1) is 10.8. The lowest BCUT2D eigenvalue weighted by atomic mass is 10.1. The van der Waals surface area contributed by atoms with Crippen molar-refractivity contribution in [3.63, 3.8) is 0 Å². The summed E-state index contributed by atoms with van der Waals surface area (Å²) in [4.78, 5) is 10.0. The molecule has 3 rings (SSSR count). The highest BCUT2D eigenvalue weighted by molar-refractivity contribution is 6.02. The first-order valence-corrected chi connectivity index (χ1v) is 7.26. The van der Waals surface area contributed by atoms with Gasteiger partial charge in [0, 0.05) is 17.3 Å². The quantitative estimate of drug-likeness (QED) is 0.772. The predicted octanol–water partition coefficient (Wildman–Crippen LogP) is 4.53. The van der Waals surface area contributed by atoms with Gasteiger partial charge in [-0.05, 0) is 50.6 Å². The van der Waals surface area contributed by atoms with E-state index in [1.165, 1.54) is 6.20 Å². The number of aromatic nitrogens is 1. The number of fused-ring (bicyclic) bond motifs is 1. The minimum absolute atomic E-state index is 0.637. The molecule has 0 spiro atoms. The lowest BCUT2D eigenvalue weighted by molar-refractivity contribution is -0.0581. The number of halogens is 3. The molecule has 6 heteroatoms. The van der Waals surface area contributed by atoms with E-state index < -0.39 is 18.1 Å². The molecule has 0 bridgehead atoms. The molecule has 0 saturated heterocycles. The molecule has 120 valence electrons. The van der Waals surface area contributed by atoms with Crippen LogP contribution in [0.25, 0.3) is 10.9 Å². The van der Waals surface area contributed by atoms with Gasteiger partial charge in [-0.15, -0.1) is 0 Å². The minimum Gasteiger partial charge on any atom is -0.325 e. The zero-order valence-electron chi connectivity index (χ0n) is 13.0. The van der Waals surface area contributed by atoms with Gasteiger partial charge < -0.3 is 4.90 Å². The van der Waals surface area contributed by atoms with E-state index in [1.807, 2.05) is 38.1 Å². The first-order valence-electron chi connectivity index (χ1n) is 7.26.